The molecule has 1 saturated heterocycles. The van der Waals surface area contributed by atoms with Crippen LogP contribution in [0.5, 0.6) is 0 Å². The van der Waals surface area contributed by atoms with E-state index in [-0.39, 0.29) is 23.2 Å². The van der Waals surface area contributed by atoms with E-state index in [9.17, 15) is 23.6 Å². The summed E-state index contributed by atoms with van der Waals surface area (Å²) >= 11 is 2.10. The fraction of sp³-hybridized carbons (Fsp3) is 0.152. The van der Waals surface area contributed by atoms with Crippen LogP contribution in [0.3, 0.4) is 0 Å². The average Bonchev–Trinajstić information content (AvgIpc) is 3.44. The first-order valence-corrected chi connectivity index (χ1v) is 15.4. The van der Waals surface area contributed by atoms with Crippen LogP contribution in [0.2, 0.25) is 0 Å². The largest absolute Gasteiger partial charge is 0.325 e. The van der Waals surface area contributed by atoms with Gasteiger partial charge in [0.15, 0.2) is 0 Å². The molecule has 3 heterocycles. The number of hydrogen-bond acceptors (Lipinski definition) is 6. The molecule has 3 unspecified atom stereocenters. The third-order valence-corrected chi connectivity index (χ3v) is 10.5. The second-order valence-corrected chi connectivity index (χ2v) is 12.8. The summed E-state index contributed by atoms with van der Waals surface area (Å²) in [6.45, 7) is 1.66. The van der Waals surface area contributed by atoms with E-state index in [2.05, 4.69) is 5.32 Å². The van der Waals surface area contributed by atoms with Gasteiger partial charge in [-0.1, -0.05) is 83.3 Å². The summed E-state index contributed by atoms with van der Waals surface area (Å²) in [5.41, 5.74) is 2.69. The van der Waals surface area contributed by atoms with E-state index in [1.54, 1.807) is 30.3 Å². The summed E-state index contributed by atoms with van der Waals surface area (Å²) in [6.07, 6.45) is 0. The number of carbonyl (C=O) groups excluding carboxylic acids is 3. The van der Waals surface area contributed by atoms with Crippen molar-refractivity contribution in [2.24, 2.45) is 5.92 Å². The van der Waals surface area contributed by atoms with Gasteiger partial charge in [-0.3, -0.25) is 23.7 Å². The van der Waals surface area contributed by atoms with E-state index in [1.807, 2.05) is 55.5 Å². The minimum atomic E-state index is -0.819. The van der Waals surface area contributed by atoms with Crippen molar-refractivity contribution in [3.05, 3.63) is 122 Å². The standard InChI is InChI=1S/C33H24FN3O4S2/c1-18-6-14-24(15-7-18)37-30(39)27-26(20-8-11-22(34)12-9-20)29-32(42-28(27)31(37)40)36(33(41)43-29)17-25(38)35-23-13-10-19-4-2-3-5-21(19)16-23/h2-16,26-28H,17H2,1H3,(H,35,38). The van der Waals surface area contributed by atoms with E-state index < -0.39 is 28.8 Å². The number of amides is 3. The van der Waals surface area contributed by atoms with E-state index >= 15 is 0 Å². The van der Waals surface area contributed by atoms with Crippen molar-refractivity contribution in [3.63, 3.8) is 0 Å². The minimum Gasteiger partial charge on any atom is -0.325 e. The molecule has 0 bridgehead atoms. The first kappa shape index (κ1) is 27.3. The average molecular weight is 610 g/mol. The number of aromatic nitrogens is 1. The van der Waals surface area contributed by atoms with Crippen molar-refractivity contribution in [2.75, 3.05) is 10.2 Å². The van der Waals surface area contributed by atoms with Gasteiger partial charge in [0.05, 0.1) is 16.6 Å². The van der Waals surface area contributed by atoms with Crippen LogP contribution in [0, 0.1) is 18.7 Å². The van der Waals surface area contributed by atoms with Crippen LogP contribution in [0.15, 0.2) is 101 Å². The van der Waals surface area contributed by atoms with Crippen molar-refractivity contribution >= 4 is 63.0 Å². The molecular weight excluding hydrogens is 586 g/mol. The third-order valence-electron chi connectivity index (χ3n) is 7.91. The van der Waals surface area contributed by atoms with Crippen molar-refractivity contribution < 1.29 is 18.8 Å². The fourth-order valence-electron chi connectivity index (χ4n) is 5.84. The Hall–Kier alpha value is -4.54. The molecule has 214 valence electrons. The van der Waals surface area contributed by atoms with Crippen LogP contribution < -0.4 is 15.1 Å². The first-order valence-electron chi connectivity index (χ1n) is 13.7. The molecule has 1 fully saturated rings. The van der Waals surface area contributed by atoms with E-state index in [1.165, 1.54) is 21.6 Å². The number of benzene rings is 4. The molecule has 7 rings (SSSR count). The number of hydrogen-bond donors (Lipinski definition) is 1. The summed E-state index contributed by atoms with van der Waals surface area (Å²) in [5, 5.41) is 4.54. The lowest BCUT2D eigenvalue weighted by Gasteiger charge is -2.30. The molecule has 2 aliphatic rings. The van der Waals surface area contributed by atoms with E-state index in [4.69, 9.17) is 0 Å². The number of nitrogens with zero attached hydrogens (tertiary/aromatic N) is 2. The number of imide groups is 1. The maximum absolute atomic E-state index is 13.9. The number of nitrogens with one attached hydrogen (secondary N) is 1. The minimum absolute atomic E-state index is 0.262. The normalized spacial score (nSPS) is 19.4. The lowest BCUT2D eigenvalue weighted by molar-refractivity contribution is -0.122. The number of carbonyl (C=O) groups is 3. The second kappa shape index (κ2) is 10.6. The van der Waals surface area contributed by atoms with E-state index in [0.717, 1.165) is 39.4 Å². The van der Waals surface area contributed by atoms with Crippen molar-refractivity contribution in [1.29, 1.82) is 0 Å². The molecule has 3 amide bonds. The van der Waals surface area contributed by atoms with Gasteiger partial charge in [-0.25, -0.2) is 9.29 Å². The highest BCUT2D eigenvalue weighted by Gasteiger charge is 2.56. The van der Waals surface area contributed by atoms with Crippen molar-refractivity contribution in [3.8, 4) is 0 Å². The van der Waals surface area contributed by atoms with Crippen LogP contribution in [0.25, 0.3) is 10.8 Å². The van der Waals surface area contributed by atoms with Gasteiger partial charge in [0, 0.05) is 16.5 Å². The molecule has 7 nitrogen and oxygen atoms in total. The highest BCUT2D eigenvalue weighted by molar-refractivity contribution is 8.00. The number of aryl methyl sites for hydroxylation is 1. The van der Waals surface area contributed by atoms with Crippen LogP contribution >= 0.6 is 23.1 Å². The van der Waals surface area contributed by atoms with Gasteiger partial charge in [-0.05, 0) is 59.7 Å². The molecule has 0 radical (unpaired) electrons. The van der Waals surface area contributed by atoms with Gasteiger partial charge >= 0.3 is 4.87 Å². The Morgan fingerprint density at radius 3 is 2.35 bits per heavy atom. The molecule has 5 aromatic rings. The lowest BCUT2D eigenvalue weighted by atomic mass is 9.83. The number of rotatable bonds is 5. The summed E-state index contributed by atoms with van der Waals surface area (Å²) in [6, 6.07) is 26.3. The Bertz CT molecular complexity index is 1980. The smallest absolute Gasteiger partial charge is 0.308 e. The van der Waals surface area contributed by atoms with Crippen molar-refractivity contribution in [1.82, 2.24) is 4.57 Å². The summed E-state index contributed by atoms with van der Waals surface area (Å²) in [4.78, 5) is 55.8. The maximum atomic E-state index is 13.9. The maximum Gasteiger partial charge on any atom is 0.308 e. The number of halogens is 1. The molecule has 1 aromatic heterocycles. The van der Waals surface area contributed by atoms with Gasteiger partial charge in [-0.15, -0.1) is 0 Å². The summed E-state index contributed by atoms with van der Waals surface area (Å²) < 4.78 is 15.3. The molecule has 0 aliphatic carbocycles. The Morgan fingerprint density at radius 2 is 1.60 bits per heavy atom. The number of thiazole rings is 1. The monoisotopic (exact) mass is 609 g/mol. The predicted octanol–water partition coefficient (Wildman–Crippen LogP) is 5.95. The molecule has 0 saturated carbocycles. The molecule has 3 atom stereocenters. The van der Waals surface area contributed by atoms with Crippen LogP contribution in [0.1, 0.15) is 21.9 Å². The van der Waals surface area contributed by atoms with Gasteiger partial charge < -0.3 is 5.32 Å². The SMILES string of the molecule is Cc1ccc(N2C(=O)C3Sc4c(sc(=O)n4CC(=O)Nc4ccc5ccccc5c4)C(c4ccc(F)cc4)C3C2=O)cc1. The second-order valence-electron chi connectivity index (χ2n) is 10.7. The van der Waals surface area contributed by atoms with Gasteiger partial charge in [0.25, 0.3) is 0 Å². The Kier molecular flexibility index (Phi) is 6.75. The zero-order valence-corrected chi connectivity index (χ0v) is 24.5. The fourth-order valence-corrected chi connectivity index (χ4v) is 8.62. The first-order chi connectivity index (χ1) is 20.8. The predicted molar refractivity (Wildman–Crippen MR) is 166 cm³/mol. The highest BCUT2D eigenvalue weighted by atomic mass is 32.2. The van der Waals surface area contributed by atoms with Gasteiger partial charge in [0.1, 0.15) is 17.6 Å². The van der Waals surface area contributed by atoms with Gasteiger partial charge in [-0.2, -0.15) is 0 Å². The molecule has 1 N–H and O–H groups in total. The van der Waals surface area contributed by atoms with Crippen LogP contribution in [-0.2, 0) is 20.9 Å². The zero-order chi connectivity index (χ0) is 29.8. The molecule has 10 heteroatoms. The number of thioether (sulfide) groups is 1. The highest BCUT2D eigenvalue weighted by Crippen LogP contribution is 2.53. The van der Waals surface area contributed by atoms with Crippen molar-refractivity contribution in [2.45, 2.75) is 29.7 Å². The topological polar surface area (TPSA) is 88.5 Å². The van der Waals surface area contributed by atoms with Gasteiger partial charge in [0.2, 0.25) is 17.7 Å². The molecule has 0 spiro atoms. The number of fused-ring (bicyclic) bond motifs is 3. The van der Waals surface area contributed by atoms with E-state index in [0.29, 0.717) is 26.8 Å². The summed E-state index contributed by atoms with van der Waals surface area (Å²) in [5.74, 6) is -3.03. The zero-order valence-electron chi connectivity index (χ0n) is 22.8. The quantitative estimate of drug-likeness (QED) is 0.249. The Labute approximate surface area is 254 Å². The molecule has 4 aromatic carbocycles. The third kappa shape index (κ3) is 4.76. The Morgan fingerprint density at radius 1 is 0.884 bits per heavy atom. The molecule has 43 heavy (non-hydrogen) atoms. The lowest BCUT2D eigenvalue weighted by Crippen LogP contribution is -2.33. The summed E-state index contributed by atoms with van der Waals surface area (Å²) in [7, 11) is 0. The number of anilines is 2. The van der Waals surface area contributed by atoms with Crippen LogP contribution in [-0.4, -0.2) is 27.5 Å². The van der Waals surface area contributed by atoms with Crippen LogP contribution in [0.4, 0.5) is 15.8 Å². The Balaban J connectivity index is 1.26. The molecular formula is C33H24FN3O4S2. The molecule has 2 aliphatic heterocycles.